The third-order valence-electron chi connectivity index (χ3n) is 6.39. The molecule has 2 aromatic carbocycles. The second-order valence-corrected chi connectivity index (χ2v) is 8.55. The Labute approximate surface area is 184 Å². The van der Waals surface area contributed by atoms with E-state index in [-0.39, 0.29) is 11.8 Å². The topological polar surface area (TPSA) is 65.5 Å². The summed E-state index contributed by atoms with van der Waals surface area (Å²) in [5.74, 6) is 0.164. The molecule has 0 saturated heterocycles. The van der Waals surface area contributed by atoms with Crippen molar-refractivity contribution in [1.82, 2.24) is 4.98 Å². The summed E-state index contributed by atoms with van der Waals surface area (Å²) in [6.45, 7) is 8.68. The molecule has 1 aliphatic heterocycles. The van der Waals surface area contributed by atoms with Crippen LogP contribution < -0.4 is 0 Å². The number of aromatic hydroxyl groups is 1. The standard InChI is InChI=1S/C27H30N2O2/c1-5-7-8-18-9-11-19(12-10-18)24-22-23(27(31)28-24)25(29-26(22)30)20-13-14-21(16(3)6-2)17(4)15-20/h9-16,29-30H,5-8H2,1-4H3. The summed E-state index contributed by atoms with van der Waals surface area (Å²) < 4.78 is 0. The molecule has 0 spiro atoms. The minimum atomic E-state index is -0.310. The third-order valence-corrected chi connectivity index (χ3v) is 6.39. The highest BCUT2D eigenvalue weighted by Crippen LogP contribution is 2.39. The Morgan fingerprint density at radius 2 is 1.74 bits per heavy atom. The normalized spacial score (nSPS) is 13.9. The SMILES string of the molecule is CCCCc1ccc(C2=NC(=O)c3c(-c4ccc(C(C)CC)c(C)c4)[nH]c(O)c32)cc1. The predicted octanol–water partition coefficient (Wildman–Crippen LogP) is 6.54. The van der Waals surface area contributed by atoms with E-state index in [0.29, 0.717) is 28.5 Å². The monoisotopic (exact) mass is 414 g/mol. The van der Waals surface area contributed by atoms with Crippen LogP contribution in [0.2, 0.25) is 0 Å². The number of carbonyl (C=O) groups excluding carboxylic acids is 1. The number of hydrogen-bond acceptors (Lipinski definition) is 2. The Bertz CT molecular complexity index is 1150. The summed E-state index contributed by atoms with van der Waals surface area (Å²) in [5, 5.41) is 10.7. The molecule has 4 nitrogen and oxygen atoms in total. The van der Waals surface area contributed by atoms with Gasteiger partial charge in [0.05, 0.1) is 22.5 Å². The molecule has 0 saturated carbocycles. The quantitative estimate of drug-likeness (QED) is 0.461. The summed E-state index contributed by atoms with van der Waals surface area (Å²) in [6, 6.07) is 14.4. The molecule has 1 aliphatic rings. The fourth-order valence-electron chi connectivity index (χ4n) is 4.38. The number of aromatic amines is 1. The molecule has 4 rings (SSSR count). The van der Waals surface area contributed by atoms with Crippen LogP contribution in [0, 0.1) is 6.92 Å². The summed E-state index contributed by atoms with van der Waals surface area (Å²) in [7, 11) is 0. The van der Waals surface area contributed by atoms with E-state index < -0.39 is 0 Å². The van der Waals surface area contributed by atoms with Gasteiger partial charge >= 0.3 is 0 Å². The number of hydrogen-bond donors (Lipinski definition) is 2. The minimum Gasteiger partial charge on any atom is -0.494 e. The van der Waals surface area contributed by atoms with Gasteiger partial charge in [-0.3, -0.25) is 4.79 Å². The van der Waals surface area contributed by atoms with Crippen LogP contribution in [-0.4, -0.2) is 21.7 Å². The lowest BCUT2D eigenvalue weighted by Gasteiger charge is -2.13. The van der Waals surface area contributed by atoms with E-state index in [2.05, 4.69) is 61.9 Å². The largest absolute Gasteiger partial charge is 0.494 e. The molecule has 4 heteroatoms. The van der Waals surface area contributed by atoms with Crippen LogP contribution in [0.3, 0.4) is 0 Å². The van der Waals surface area contributed by atoms with E-state index in [1.807, 2.05) is 18.2 Å². The van der Waals surface area contributed by atoms with Crippen LogP contribution in [-0.2, 0) is 6.42 Å². The zero-order valence-electron chi connectivity index (χ0n) is 18.7. The molecule has 1 unspecified atom stereocenters. The fraction of sp³-hybridized carbons (Fsp3) is 0.333. The maximum absolute atomic E-state index is 12.9. The minimum absolute atomic E-state index is 0.00619. The molecule has 0 radical (unpaired) electrons. The molecular weight excluding hydrogens is 384 g/mol. The lowest BCUT2D eigenvalue weighted by atomic mass is 9.91. The van der Waals surface area contributed by atoms with Gasteiger partial charge in [-0.2, -0.15) is 0 Å². The van der Waals surface area contributed by atoms with E-state index in [4.69, 9.17) is 0 Å². The van der Waals surface area contributed by atoms with Gasteiger partial charge in [-0.1, -0.05) is 63.6 Å². The van der Waals surface area contributed by atoms with Crippen molar-refractivity contribution in [1.29, 1.82) is 0 Å². The number of aryl methyl sites for hydroxylation is 2. The van der Waals surface area contributed by atoms with Crippen molar-refractivity contribution in [3.05, 3.63) is 75.8 Å². The number of H-pyrrole nitrogens is 1. The number of benzene rings is 2. The zero-order chi connectivity index (χ0) is 22.1. The van der Waals surface area contributed by atoms with Crippen LogP contribution >= 0.6 is 0 Å². The van der Waals surface area contributed by atoms with Gasteiger partial charge in [0.1, 0.15) is 0 Å². The average molecular weight is 415 g/mol. The molecule has 2 N–H and O–H groups in total. The first-order valence-corrected chi connectivity index (χ1v) is 11.2. The lowest BCUT2D eigenvalue weighted by Crippen LogP contribution is -2.00. The van der Waals surface area contributed by atoms with Gasteiger partial charge in [0.2, 0.25) is 0 Å². The predicted molar refractivity (Wildman–Crippen MR) is 126 cm³/mol. The van der Waals surface area contributed by atoms with Crippen LogP contribution in [0.15, 0.2) is 47.5 Å². The van der Waals surface area contributed by atoms with Crippen molar-refractivity contribution in [3.8, 4) is 17.1 Å². The molecule has 0 fully saturated rings. The van der Waals surface area contributed by atoms with Gasteiger partial charge in [0.15, 0.2) is 5.88 Å². The van der Waals surface area contributed by atoms with Crippen LogP contribution in [0.1, 0.15) is 84.1 Å². The number of amides is 1. The summed E-state index contributed by atoms with van der Waals surface area (Å²) >= 11 is 0. The molecule has 1 amide bonds. The number of rotatable bonds is 7. The smallest absolute Gasteiger partial charge is 0.280 e. The van der Waals surface area contributed by atoms with Gasteiger partial charge in [-0.05, 0) is 60.4 Å². The molecule has 160 valence electrons. The molecule has 1 atom stereocenters. The number of carbonyl (C=O) groups is 1. The van der Waals surface area contributed by atoms with Gasteiger partial charge in [-0.25, -0.2) is 4.99 Å². The average Bonchev–Trinajstić information content (AvgIpc) is 3.30. The van der Waals surface area contributed by atoms with Crippen molar-refractivity contribution >= 4 is 11.6 Å². The van der Waals surface area contributed by atoms with Crippen molar-refractivity contribution in [2.45, 2.75) is 59.3 Å². The molecule has 0 aliphatic carbocycles. The van der Waals surface area contributed by atoms with Gasteiger partial charge in [0, 0.05) is 5.56 Å². The number of fused-ring (bicyclic) bond motifs is 1. The maximum atomic E-state index is 12.9. The van der Waals surface area contributed by atoms with E-state index >= 15 is 0 Å². The zero-order valence-corrected chi connectivity index (χ0v) is 18.7. The summed E-state index contributed by atoms with van der Waals surface area (Å²) in [4.78, 5) is 20.2. The fourth-order valence-corrected chi connectivity index (χ4v) is 4.38. The molecule has 1 aromatic heterocycles. The van der Waals surface area contributed by atoms with E-state index in [1.165, 1.54) is 16.7 Å². The summed E-state index contributed by atoms with van der Waals surface area (Å²) in [6.07, 6.45) is 4.43. The Hall–Kier alpha value is -3.14. The first kappa shape index (κ1) is 21.1. The van der Waals surface area contributed by atoms with Crippen molar-refractivity contribution in [2.75, 3.05) is 0 Å². The second-order valence-electron chi connectivity index (χ2n) is 8.55. The Morgan fingerprint density at radius 3 is 2.39 bits per heavy atom. The first-order chi connectivity index (χ1) is 14.9. The molecule has 3 aromatic rings. The van der Waals surface area contributed by atoms with E-state index in [1.54, 1.807) is 0 Å². The highest BCUT2D eigenvalue weighted by atomic mass is 16.3. The third kappa shape index (κ3) is 3.83. The lowest BCUT2D eigenvalue weighted by molar-refractivity contribution is 0.101. The van der Waals surface area contributed by atoms with Crippen LogP contribution in [0.25, 0.3) is 11.3 Å². The van der Waals surface area contributed by atoms with Crippen molar-refractivity contribution in [2.24, 2.45) is 4.99 Å². The highest BCUT2D eigenvalue weighted by Gasteiger charge is 2.33. The number of unbranched alkanes of at least 4 members (excludes halogenated alkanes) is 1. The second kappa shape index (κ2) is 8.54. The van der Waals surface area contributed by atoms with Gasteiger partial charge < -0.3 is 10.1 Å². The summed E-state index contributed by atoms with van der Waals surface area (Å²) in [5.41, 5.74) is 7.63. The number of nitrogens with one attached hydrogen (secondary N) is 1. The number of aliphatic imine (C=N–C) groups is 1. The molecule has 31 heavy (non-hydrogen) atoms. The Morgan fingerprint density at radius 1 is 1.03 bits per heavy atom. The van der Waals surface area contributed by atoms with Crippen LogP contribution in [0.5, 0.6) is 5.88 Å². The Kier molecular flexibility index (Phi) is 5.81. The maximum Gasteiger partial charge on any atom is 0.280 e. The first-order valence-electron chi connectivity index (χ1n) is 11.2. The number of aromatic nitrogens is 1. The molecule has 0 bridgehead atoms. The van der Waals surface area contributed by atoms with Crippen molar-refractivity contribution in [3.63, 3.8) is 0 Å². The van der Waals surface area contributed by atoms with E-state index in [0.717, 1.165) is 36.8 Å². The van der Waals surface area contributed by atoms with Gasteiger partial charge in [-0.15, -0.1) is 0 Å². The molecule has 2 heterocycles. The Balaban J connectivity index is 1.71. The number of nitrogens with zero attached hydrogens (tertiary/aromatic N) is 1. The molecular formula is C27H30N2O2. The highest BCUT2D eigenvalue weighted by molar-refractivity contribution is 6.30. The van der Waals surface area contributed by atoms with E-state index in [9.17, 15) is 9.90 Å². The van der Waals surface area contributed by atoms with Gasteiger partial charge in [0.25, 0.3) is 5.91 Å². The van der Waals surface area contributed by atoms with Crippen LogP contribution in [0.4, 0.5) is 0 Å². The van der Waals surface area contributed by atoms with Crippen molar-refractivity contribution < 1.29 is 9.90 Å².